The Labute approximate surface area is 236 Å². The van der Waals surface area contributed by atoms with Crippen molar-refractivity contribution >= 4 is 29.5 Å². The first-order valence-electron chi connectivity index (χ1n) is 13.8. The predicted octanol–water partition coefficient (Wildman–Crippen LogP) is 4.00. The third-order valence-electron chi connectivity index (χ3n) is 8.57. The fourth-order valence-electron chi connectivity index (χ4n) is 6.83. The Morgan fingerprint density at radius 2 is 1.92 bits per heavy atom. The molecule has 8 heteroatoms. The number of carbonyl (C=O) groups is 3. The summed E-state index contributed by atoms with van der Waals surface area (Å²) < 4.78 is 4.36. The molecule has 4 rings (SSSR count). The lowest BCUT2D eigenvalue weighted by Crippen LogP contribution is -2.60. The highest BCUT2D eigenvalue weighted by atomic mass is 32.2. The first-order chi connectivity index (χ1) is 18.4. The van der Waals surface area contributed by atoms with Crippen molar-refractivity contribution in [3.8, 4) is 0 Å². The summed E-state index contributed by atoms with van der Waals surface area (Å²) >= 11 is 1.61. The molecule has 3 aliphatic rings. The van der Waals surface area contributed by atoms with Crippen molar-refractivity contribution in [1.82, 2.24) is 9.80 Å². The molecule has 2 amide bonds. The van der Waals surface area contributed by atoms with Gasteiger partial charge in [0.2, 0.25) is 11.8 Å². The highest BCUT2D eigenvalue weighted by molar-refractivity contribution is 8.02. The van der Waals surface area contributed by atoms with Crippen LogP contribution in [0.4, 0.5) is 0 Å². The maximum Gasteiger partial charge on any atom is 0.311 e. The number of aliphatic hydroxyl groups excluding tert-OH is 1. The minimum absolute atomic E-state index is 0.165. The van der Waals surface area contributed by atoms with Gasteiger partial charge in [-0.3, -0.25) is 14.4 Å². The number of nitrogens with zero attached hydrogens (tertiary/aromatic N) is 2. The molecule has 7 nitrogen and oxygen atoms in total. The molecule has 0 aliphatic carbocycles. The summed E-state index contributed by atoms with van der Waals surface area (Å²) in [6.07, 6.45) is 5.68. The fraction of sp³-hybridized carbons (Fsp3) is 0.581. The first-order valence-corrected chi connectivity index (χ1v) is 14.6. The van der Waals surface area contributed by atoms with E-state index in [0.717, 1.165) is 5.56 Å². The number of benzene rings is 1. The average molecular weight is 555 g/mol. The number of thioether (sulfide) groups is 1. The molecule has 1 aromatic carbocycles. The van der Waals surface area contributed by atoms with Gasteiger partial charge in [0.05, 0.1) is 35.8 Å². The second-order valence-corrected chi connectivity index (χ2v) is 14.0. The van der Waals surface area contributed by atoms with Gasteiger partial charge in [0.1, 0.15) is 6.04 Å². The molecule has 3 heterocycles. The lowest BCUT2D eigenvalue weighted by molar-refractivity contribution is -0.156. The number of ether oxygens (including phenoxy) is 1. The molecule has 3 saturated heterocycles. The minimum atomic E-state index is -0.812. The summed E-state index contributed by atoms with van der Waals surface area (Å²) in [6, 6.07) is 8.26. The van der Waals surface area contributed by atoms with E-state index in [9.17, 15) is 19.5 Å². The minimum Gasteiger partial charge on any atom is -0.465 e. The number of esters is 1. The number of rotatable bonds is 11. The molecule has 6 atom stereocenters. The van der Waals surface area contributed by atoms with Crippen LogP contribution in [0.1, 0.15) is 52.5 Å². The molecule has 39 heavy (non-hydrogen) atoms. The van der Waals surface area contributed by atoms with E-state index in [1.165, 1.54) is 0 Å². The Kier molecular flexibility index (Phi) is 8.39. The smallest absolute Gasteiger partial charge is 0.311 e. The van der Waals surface area contributed by atoms with Gasteiger partial charge in [0.25, 0.3) is 0 Å². The molecule has 1 N–H and O–H groups in total. The van der Waals surface area contributed by atoms with Crippen LogP contribution >= 0.6 is 11.8 Å². The van der Waals surface area contributed by atoms with Crippen LogP contribution in [0.2, 0.25) is 0 Å². The van der Waals surface area contributed by atoms with Gasteiger partial charge in [0, 0.05) is 16.8 Å². The number of aliphatic hydroxyl groups is 1. The molecule has 1 spiro atoms. The zero-order valence-electron chi connectivity index (χ0n) is 23.6. The van der Waals surface area contributed by atoms with E-state index in [0.29, 0.717) is 32.2 Å². The average Bonchev–Trinajstić information content (AvgIpc) is 3.46. The summed E-state index contributed by atoms with van der Waals surface area (Å²) in [4.78, 5) is 46.0. The van der Waals surface area contributed by atoms with Crippen LogP contribution in [0.25, 0.3) is 0 Å². The van der Waals surface area contributed by atoms with Crippen molar-refractivity contribution in [2.24, 2.45) is 11.8 Å². The lowest BCUT2D eigenvalue weighted by Gasteiger charge is -2.43. The van der Waals surface area contributed by atoms with Crippen LogP contribution in [-0.4, -0.2) is 79.6 Å². The largest absolute Gasteiger partial charge is 0.465 e. The molecular weight excluding hydrogens is 512 g/mol. The van der Waals surface area contributed by atoms with Gasteiger partial charge in [-0.2, -0.15) is 0 Å². The number of fused-ring (bicyclic) bond motifs is 1. The molecule has 212 valence electrons. The van der Waals surface area contributed by atoms with Crippen molar-refractivity contribution < 1.29 is 24.2 Å². The zero-order valence-corrected chi connectivity index (χ0v) is 24.4. The summed E-state index contributed by atoms with van der Waals surface area (Å²) in [5.41, 5.74) is 0.449. The summed E-state index contributed by atoms with van der Waals surface area (Å²) in [5.74, 6) is -2.14. The predicted molar refractivity (Wildman–Crippen MR) is 154 cm³/mol. The maximum absolute atomic E-state index is 14.6. The normalized spacial score (nSPS) is 30.1. The van der Waals surface area contributed by atoms with Gasteiger partial charge in [-0.1, -0.05) is 42.5 Å². The topological polar surface area (TPSA) is 87.1 Å². The quantitative estimate of drug-likeness (QED) is 0.253. The number of amides is 2. The summed E-state index contributed by atoms with van der Waals surface area (Å²) in [5, 5.41) is 10.6. The molecule has 3 aliphatic heterocycles. The Bertz CT molecular complexity index is 1120. The number of hydrogen-bond donors (Lipinski definition) is 1. The molecular formula is C31H42N2O5S. The van der Waals surface area contributed by atoms with Gasteiger partial charge in [-0.25, -0.2) is 0 Å². The number of hydrogen-bond acceptors (Lipinski definition) is 6. The van der Waals surface area contributed by atoms with Crippen LogP contribution in [0, 0.1) is 11.8 Å². The highest BCUT2D eigenvalue weighted by Gasteiger charge is 2.78. The monoisotopic (exact) mass is 554 g/mol. The fourth-order valence-corrected chi connectivity index (χ4v) is 9.16. The third-order valence-corrected chi connectivity index (χ3v) is 10.6. The third kappa shape index (κ3) is 5.06. The molecule has 3 fully saturated rings. The van der Waals surface area contributed by atoms with Crippen LogP contribution < -0.4 is 0 Å². The van der Waals surface area contributed by atoms with Gasteiger partial charge in [-0.15, -0.1) is 24.9 Å². The first kappa shape index (κ1) is 29.4. The van der Waals surface area contributed by atoms with Gasteiger partial charge >= 0.3 is 5.97 Å². The Morgan fingerprint density at radius 1 is 1.23 bits per heavy atom. The van der Waals surface area contributed by atoms with E-state index in [2.05, 4.69) is 13.2 Å². The van der Waals surface area contributed by atoms with Crippen LogP contribution in [-0.2, 0) is 25.5 Å². The highest BCUT2D eigenvalue weighted by Crippen LogP contribution is 2.72. The van der Waals surface area contributed by atoms with Crippen molar-refractivity contribution in [2.45, 2.75) is 80.5 Å². The molecule has 2 unspecified atom stereocenters. The molecule has 0 saturated carbocycles. The van der Waals surface area contributed by atoms with Crippen LogP contribution in [0.15, 0.2) is 55.6 Å². The van der Waals surface area contributed by atoms with Crippen molar-refractivity contribution in [2.75, 3.05) is 19.8 Å². The molecule has 0 radical (unpaired) electrons. The lowest BCUT2D eigenvalue weighted by atomic mass is 9.66. The van der Waals surface area contributed by atoms with E-state index in [1.807, 2.05) is 58.0 Å². The van der Waals surface area contributed by atoms with Crippen molar-refractivity contribution in [3.63, 3.8) is 0 Å². The van der Waals surface area contributed by atoms with Crippen LogP contribution in [0.5, 0.6) is 0 Å². The van der Waals surface area contributed by atoms with Gasteiger partial charge in [0.15, 0.2) is 0 Å². The number of carbonyl (C=O) groups excluding carboxylic acids is 3. The van der Waals surface area contributed by atoms with E-state index in [4.69, 9.17) is 4.74 Å². The second-order valence-electron chi connectivity index (χ2n) is 12.2. The molecule has 2 bridgehead atoms. The summed E-state index contributed by atoms with van der Waals surface area (Å²) in [7, 11) is 0. The zero-order chi connectivity index (χ0) is 28.6. The SMILES string of the molecule is C=CCCOC(=O)[C@H]1[C@H]2C(=O)N([C@@H](CO)Cc3ccccc3)C(C(=O)N(CC=C)C(C)(C)C)C23CC[C@]1(C)S3. The van der Waals surface area contributed by atoms with E-state index in [1.54, 1.807) is 33.7 Å². The maximum atomic E-state index is 14.6. The Morgan fingerprint density at radius 3 is 2.51 bits per heavy atom. The second kappa shape index (κ2) is 11.1. The van der Waals surface area contributed by atoms with Crippen LogP contribution in [0.3, 0.4) is 0 Å². The summed E-state index contributed by atoms with van der Waals surface area (Å²) in [6.45, 7) is 15.8. The van der Waals surface area contributed by atoms with Crippen molar-refractivity contribution in [1.29, 1.82) is 0 Å². The van der Waals surface area contributed by atoms with Gasteiger partial charge in [-0.05, 0) is 58.9 Å². The molecule has 1 aromatic rings. The van der Waals surface area contributed by atoms with Gasteiger partial charge < -0.3 is 19.6 Å². The Balaban J connectivity index is 1.81. The van der Waals surface area contributed by atoms with Crippen molar-refractivity contribution in [3.05, 3.63) is 61.2 Å². The van der Waals surface area contributed by atoms with E-state index >= 15 is 0 Å². The van der Waals surface area contributed by atoms with E-state index < -0.39 is 39.0 Å². The van der Waals surface area contributed by atoms with E-state index in [-0.39, 0.29) is 31.0 Å². The Hall–Kier alpha value is -2.58. The molecule has 0 aromatic heterocycles. The standard InChI is InChI=1S/C31H42N2O5S/c1-7-9-18-38-28(37)24-23-26(35)33(22(20-34)19-21-13-11-10-12-14-21)25(31(23)16-15-30(24,6)39-31)27(36)32(17-8-2)29(3,4)5/h7-8,10-14,22-25,34H,1-2,9,15-20H2,3-6H3/t22-,23+,24-,25?,30+,31?/m1/s1. The number of likely N-dealkylation sites (tertiary alicyclic amines) is 1.